The monoisotopic (exact) mass is 650 g/mol. The number of piperazine rings is 1. The number of halogens is 1. The molecular formula is C32H39BrN6O4. The molecule has 3 amide bonds. The van der Waals surface area contributed by atoms with Crippen molar-refractivity contribution in [3.8, 4) is 5.75 Å². The van der Waals surface area contributed by atoms with Crippen LogP contribution in [0.15, 0.2) is 71.2 Å². The predicted octanol–water partition coefficient (Wildman–Crippen LogP) is 4.88. The lowest BCUT2D eigenvalue weighted by Gasteiger charge is -2.38. The Morgan fingerprint density at radius 2 is 1.49 bits per heavy atom. The van der Waals surface area contributed by atoms with E-state index in [1.54, 1.807) is 13.2 Å². The number of hydrogen-bond acceptors (Lipinski definition) is 7. The molecule has 2 aliphatic heterocycles. The molecule has 0 aromatic heterocycles. The summed E-state index contributed by atoms with van der Waals surface area (Å²) in [6, 6.07) is 20.5. The van der Waals surface area contributed by atoms with Crippen molar-refractivity contribution in [1.82, 2.24) is 10.2 Å². The summed E-state index contributed by atoms with van der Waals surface area (Å²) < 4.78 is 11.9. The van der Waals surface area contributed by atoms with Crippen LogP contribution in [0.5, 0.6) is 5.75 Å². The molecule has 3 aromatic rings. The second-order valence-corrected chi connectivity index (χ2v) is 11.4. The maximum atomic E-state index is 13.6. The molecule has 11 heteroatoms. The summed E-state index contributed by atoms with van der Waals surface area (Å²) in [6.45, 7) is 7.91. The number of anilines is 4. The highest BCUT2D eigenvalue weighted by atomic mass is 79.9. The molecule has 10 nitrogen and oxygen atoms in total. The average molecular weight is 652 g/mol. The summed E-state index contributed by atoms with van der Waals surface area (Å²) in [5.41, 5.74) is 3.68. The van der Waals surface area contributed by atoms with Crippen LogP contribution in [0.1, 0.15) is 16.8 Å². The van der Waals surface area contributed by atoms with E-state index >= 15 is 0 Å². The van der Waals surface area contributed by atoms with Gasteiger partial charge in [-0.25, -0.2) is 4.79 Å². The van der Waals surface area contributed by atoms with Crippen LogP contribution in [0.4, 0.5) is 27.5 Å². The second kappa shape index (κ2) is 15.1. The van der Waals surface area contributed by atoms with E-state index in [-0.39, 0.29) is 11.9 Å². The Hall–Kier alpha value is -3.80. The van der Waals surface area contributed by atoms with Crippen LogP contribution in [-0.4, -0.2) is 89.5 Å². The number of carbonyl (C=O) groups excluding carboxylic acids is 2. The summed E-state index contributed by atoms with van der Waals surface area (Å²) >= 11 is 3.40. The zero-order valence-electron chi connectivity index (χ0n) is 24.5. The number of carbonyl (C=O) groups is 2. The van der Waals surface area contributed by atoms with Crippen molar-refractivity contribution in [3.63, 3.8) is 0 Å². The van der Waals surface area contributed by atoms with E-state index in [2.05, 4.69) is 52.6 Å². The molecule has 0 spiro atoms. The van der Waals surface area contributed by atoms with Crippen LogP contribution in [0.3, 0.4) is 0 Å². The van der Waals surface area contributed by atoms with E-state index in [1.165, 1.54) is 0 Å². The number of hydrogen-bond donors (Lipinski definition) is 3. The molecule has 0 radical (unpaired) electrons. The van der Waals surface area contributed by atoms with Gasteiger partial charge in [-0.2, -0.15) is 0 Å². The maximum absolute atomic E-state index is 13.6. The lowest BCUT2D eigenvalue weighted by atomic mass is 10.1. The Balaban J connectivity index is 1.27. The van der Waals surface area contributed by atoms with Crippen molar-refractivity contribution in [2.45, 2.75) is 6.42 Å². The molecule has 5 rings (SSSR count). The third-order valence-electron chi connectivity index (χ3n) is 7.69. The molecular weight excluding hydrogens is 612 g/mol. The van der Waals surface area contributed by atoms with Gasteiger partial charge in [0.25, 0.3) is 5.91 Å². The van der Waals surface area contributed by atoms with E-state index in [0.29, 0.717) is 23.5 Å². The van der Waals surface area contributed by atoms with Crippen molar-refractivity contribution in [2.24, 2.45) is 0 Å². The van der Waals surface area contributed by atoms with E-state index in [9.17, 15) is 9.59 Å². The largest absolute Gasteiger partial charge is 0.495 e. The van der Waals surface area contributed by atoms with Crippen molar-refractivity contribution in [2.75, 3.05) is 93.1 Å². The zero-order valence-corrected chi connectivity index (χ0v) is 26.1. The molecule has 0 unspecified atom stereocenters. The molecule has 2 fully saturated rings. The van der Waals surface area contributed by atoms with Crippen molar-refractivity contribution in [3.05, 3.63) is 76.8 Å². The first-order chi connectivity index (χ1) is 21.0. The highest BCUT2D eigenvalue weighted by Gasteiger charge is 2.24. The fourth-order valence-electron chi connectivity index (χ4n) is 5.40. The molecule has 0 bridgehead atoms. The molecule has 0 saturated carbocycles. The van der Waals surface area contributed by atoms with E-state index in [4.69, 9.17) is 9.47 Å². The SMILES string of the molecule is COc1ccccc1N1CCN(c2ccc(NC(=O)Nc3ccc(Br)cc3)cc2C(=O)NCCCN2CCOCC2)CC1. The Morgan fingerprint density at radius 3 is 2.21 bits per heavy atom. The van der Waals surface area contributed by atoms with Gasteiger partial charge in [-0.1, -0.05) is 28.1 Å². The van der Waals surface area contributed by atoms with Crippen LogP contribution >= 0.6 is 15.9 Å². The lowest BCUT2D eigenvalue weighted by Crippen LogP contribution is -2.47. The fourth-order valence-corrected chi connectivity index (χ4v) is 5.67. The van der Waals surface area contributed by atoms with Gasteiger partial charge in [0.15, 0.2) is 0 Å². The summed E-state index contributed by atoms with van der Waals surface area (Å²) in [7, 11) is 1.69. The van der Waals surface area contributed by atoms with Gasteiger partial charge in [-0.3, -0.25) is 9.69 Å². The van der Waals surface area contributed by atoms with Crippen LogP contribution in [-0.2, 0) is 4.74 Å². The number of methoxy groups -OCH3 is 1. The van der Waals surface area contributed by atoms with Gasteiger partial charge < -0.3 is 35.2 Å². The highest BCUT2D eigenvalue weighted by molar-refractivity contribution is 9.10. The summed E-state index contributed by atoms with van der Waals surface area (Å²) in [6.07, 6.45) is 0.853. The number of para-hydroxylation sites is 2. The summed E-state index contributed by atoms with van der Waals surface area (Å²) in [5.74, 6) is 0.700. The number of urea groups is 1. The van der Waals surface area contributed by atoms with Crippen molar-refractivity contribution < 1.29 is 19.1 Å². The van der Waals surface area contributed by atoms with Gasteiger partial charge in [-0.15, -0.1) is 0 Å². The number of amides is 3. The Morgan fingerprint density at radius 1 is 0.837 bits per heavy atom. The molecule has 2 aliphatic rings. The van der Waals surface area contributed by atoms with Gasteiger partial charge in [0.05, 0.1) is 31.6 Å². The second-order valence-electron chi connectivity index (χ2n) is 10.5. The minimum atomic E-state index is -0.377. The minimum absolute atomic E-state index is 0.152. The fraction of sp³-hybridized carbons (Fsp3) is 0.375. The Labute approximate surface area is 261 Å². The molecule has 3 aromatic carbocycles. The third-order valence-corrected chi connectivity index (χ3v) is 8.22. The third kappa shape index (κ3) is 8.40. The first-order valence-corrected chi connectivity index (χ1v) is 15.5. The Bertz CT molecular complexity index is 1370. The van der Waals surface area contributed by atoms with Gasteiger partial charge >= 0.3 is 6.03 Å². The van der Waals surface area contributed by atoms with Gasteiger partial charge in [0, 0.05) is 67.3 Å². The van der Waals surface area contributed by atoms with Gasteiger partial charge in [-0.05, 0) is 67.6 Å². The van der Waals surface area contributed by atoms with Gasteiger partial charge in [0.1, 0.15) is 5.75 Å². The van der Waals surface area contributed by atoms with E-state index in [1.807, 2.05) is 54.6 Å². The lowest BCUT2D eigenvalue weighted by molar-refractivity contribution is 0.0374. The average Bonchev–Trinajstić information content (AvgIpc) is 3.04. The van der Waals surface area contributed by atoms with Crippen LogP contribution < -0.4 is 30.5 Å². The van der Waals surface area contributed by atoms with Crippen molar-refractivity contribution in [1.29, 1.82) is 0 Å². The summed E-state index contributed by atoms with van der Waals surface area (Å²) in [5, 5.41) is 8.83. The Kier molecular flexibility index (Phi) is 10.8. The van der Waals surface area contributed by atoms with Gasteiger partial charge in [0.2, 0.25) is 0 Å². The van der Waals surface area contributed by atoms with Crippen LogP contribution in [0.25, 0.3) is 0 Å². The molecule has 228 valence electrons. The topological polar surface area (TPSA) is 98.4 Å². The maximum Gasteiger partial charge on any atom is 0.323 e. The van der Waals surface area contributed by atoms with E-state index in [0.717, 1.165) is 87.0 Å². The quantitative estimate of drug-likeness (QED) is 0.269. The zero-order chi connectivity index (χ0) is 30.0. The van der Waals surface area contributed by atoms with Crippen LogP contribution in [0.2, 0.25) is 0 Å². The number of benzene rings is 3. The molecule has 0 atom stereocenters. The number of morpholine rings is 1. The molecule has 43 heavy (non-hydrogen) atoms. The minimum Gasteiger partial charge on any atom is -0.495 e. The van der Waals surface area contributed by atoms with Crippen LogP contribution in [0, 0.1) is 0 Å². The first kappa shape index (κ1) is 30.7. The summed E-state index contributed by atoms with van der Waals surface area (Å²) in [4.78, 5) is 33.2. The van der Waals surface area contributed by atoms with Crippen molar-refractivity contribution >= 4 is 50.6 Å². The number of nitrogens with one attached hydrogen (secondary N) is 3. The smallest absolute Gasteiger partial charge is 0.323 e. The predicted molar refractivity (Wildman–Crippen MR) is 175 cm³/mol. The first-order valence-electron chi connectivity index (χ1n) is 14.7. The number of nitrogens with zero attached hydrogens (tertiary/aromatic N) is 3. The molecule has 3 N–H and O–H groups in total. The number of ether oxygens (including phenoxy) is 2. The molecule has 2 saturated heterocycles. The normalized spacial score (nSPS) is 15.6. The number of rotatable bonds is 10. The molecule has 0 aliphatic carbocycles. The molecule has 2 heterocycles. The van der Waals surface area contributed by atoms with E-state index < -0.39 is 0 Å². The standard InChI is InChI=1S/C32H39BrN6O4/c1-42-30-6-3-2-5-29(30)39-17-15-38(16-18-39)28-12-11-26(36-32(41)35-25-9-7-24(33)8-10-25)23-27(28)31(40)34-13-4-14-37-19-21-43-22-20-37/h2-3,5-12,23H,4,13-22H2,1H3,(H,34,40)(H2,35,36,41). The highest BCUT2D eigenvalue weighted by Crippen LogP contribution is 2.31.